The van der Waals surface area contributed by atoms with Gasteiger partial charge in [0.1, 0.15) is 0 Å². The highest BCUT2D eigenvalue weighted by Gasteiger charge is 2.08. The molecule has 1 heterocycles. The van der Waals surface area contributed by atoms with Crippen LogP contribution in [0, 0.1) is 6.92 Å². The van der Waals surface area contributed by atoms with Crippen LogP contribution in [0.15, 0.2) is 34.9 Å². The van der Waals surface area contributed by atoms with Gasteiger partial charge in [-0.15, -0.1) is 0 Å². The van der Waals surface area contributed by atoms with E-state index < -0.39 is 0 Å². The van der Waals surface area contributed by atoms with E-state index in [9.17, 15) is 0 Å². The lowest BCUT2D eigenvalue weighted by Crippen LogP contribution is -2.29. The molecule has 0 aliphatic heterocycles. The van der Waals surface area contributed by atoms with Gasteiger partial charge >= 0.3 is 0 Å². The van der Waals surface area contributed by atoms with E-state index in [1.807, 2.05) is 35.9 Å². The molecule has 0 aliphatic carbocycles. The number of aryl methyl sites for hydroxylation is 2. The lowest BCUT2D eigenvalue weighted by molar-refractivity contribution is 0.613. The van der Waals surface area contributed by atoms with Gasteiger partial charge in [-0.25, -0.2) is 0 Å². The number of hydrogen-bond acceptors (Lipinski definition) is 2. The Morgan fingerprint density at radius 1 is 1.40 bits per heavy atom. The highest BCUT2D eigenvalue weighted by Crippen LogP contribution is 2.16. The molecule has 0 radical (unpaired) electrons. The van der Waals surface area contributed by atoms with Gasteiger partial charge in [-0.2, -0.15) is 5.10 Å². The predicted octanol–water partition coefficient (Wildman–Crippen LogP) is 3.46. The first-order valence-electron chi connectivity index (χ1n) is 6.42. The van der Waals surface area contributed by atoms with Crippen molar-refractivity contribution in [3.05, 3.63) is 46.2 Å². The first kappa shape index (κ1) is 15.0. The van der Waals surface area contributed by atoms with Gasteiger partial charge in [-0.05, 0) is 53.6 Å². The maximum absolute atomic E-state index is 5.32. The average Bonchev–Trinajstić information content (AvgIpc) is 2.79. The number of halogens is 1. The van der Waals surface area contributed by atoms with Crippen LogP contribution in [0.3, 0.4) is 0 Å². The van der Waals surface area contributed by atoms with Crippen LogP contribution in [-0.2, 0) is 13.1 Å². The zero-order valence-corrected chi connectivity index (χ0v) is 13.9. The molecule has 1 aromatic heterocycles. The van der Waals surface area contributed by atoms with Crippen LogP contribution in [0.5, 0.6) is 0 Å². The van der Waals surface area contributed by atoms with Crippen molar-refractivity contribution in [2.75, 3.05) is 5.32 Å². The molecule has 0 fully saturated rings. The molecule has 0 saturated heterocycles. The van der Waals surface area contributed by atoms with E-state index >= 15 is 0 Å². The van der Waals surface area contributed by atoms with Crippen LogP contribution < -0.4 is 10.6 Å². The molecule has 0 atom stereocenters. The monoisotopic (exact) mass is 352 g/mol. The molecule has 0 aliphatic rings. The summed E-state index contributed by atoms with van der Waals surface area (Å²) in [5.74, 6) is 0. The van der Waals surface area contributed by atoms with E-state index in [1.54, 1.807) is 6.20 Å². The maximum atomic E-state index is 5.32. The van der Waals surface area contributed by atoms with E-state index in [4.69, 9.17) is 12.2 Å². The van der Waals surface area contributed by atoms with Gasteiger partial charge in [-0.3, -0.25) is 4.68 Å². The fraction of sp³-hybridized carbons (Fsp3) is 0.286. The number of nitrogens with zero attached hydrogens (tertiary/aromatic N) is 2. The lowest BCUT2D eigenvalue weighted by Gasteiger charge is -2.13. The molecule has 2 aromatic rings. The van der Waals surface area contributed by atoms with Crippen LogP contribution >= 0.6 is 28.1 Å². The van der Waals surface area contributed by atoms with Crippen LogP contribution in [-0.4, -0.2) is 14.9 Å². The number of para-hydroxylation sites is 1. The Labute approximate surface area is 132 Å². The zero-order chi connectivity index (χ0) is 14.5. The standard InChI is InChI=1S/C14H17BrN4S/c1-3-19-13(11(15)8-17-19)9-16-14(20)18-12-7-5-4-6-10(12)2/h4-8H,3,9H2,1-2H3,(H2,16,18,20). The summed E-state index contributed by atoms with van der Waals surface area (Å²) in [4.78, 5) is 0. The van der Waals surface area contributed by atoms with Gasteiger partial charge in [0.15, 0.2) is 5.11 Å². The molecule has 106 valence electrons. The van der Waals surface area contributed by atoms with Crippen molar-refractivity contribution in [3.63, 3.8) is 0 Å². The number of aromatic nitrogens is 2. The van der Waals surface area contributed by atoms with Gasteiger partial charge in [0.05, 0.1) is 22.9 Å². The average molecular weight is 353 g/mol. The van der Waals surface area contributed by atoms with Gasteiger partial charge in [0.2, 0.25) is 0 Å². The molecule has 2 N–H and O–H groups in total. The quantitative estimate of drug-likeness (QED) is 0.826. The summed E-state index contributed by atoms with van der Waals surface area (Å²) >= 11 is 8.82. The summed E-state index contributed by atoms with van der Waals surface area (Å²) in [6.45, 7) is 5.58. The molecule has 0 saturated carbocycles. The summed E-state index contributed by atoms with van der Waals surface area (Å²) in [5, 5.41) is 11.3. The van der Waals surface area contributed by atoms with Crippen molar-refractivity contribution < 1.29 is 0 Å². The number of hydrogen-bond donors (Lipinski definition) is 2. The molecular weight excluding hydrogens is 336 g/mol. The summed E-state index contributed by atoms with van der Waals surface area (Å²) in [7, 11) is 0. The molecular formula is C14H17BrN4S. The number of nitrogens with one attached hydrogen (secondary N) is 2. The molecule has 0 amide bonds. The van der Waals surface area contributed by atoms with E-state index in [0.717, 1.165) is 28.0 Å². The Morgan fingerprint density at radius 2 is 2.15 bits per heavy atom. The minimum absolute atomic E-state index is 0.607. The number of thiocarbonyl (C=S) groups is 1. The first-order valence-corrected chi connectivity index (χ1v) is 7.62. The minimum atomic E-state index is 0.607. The van der Waals surface area contributed by atoms with E-state index in [2.05, 4.69) is 38.6 Å². The van der Waals surface area contributed by atoms with E-state index in [1.165, 1.54) is 0 Å². The Morgan fingerprint density at radius 3 is 2.85 bits per heavy atom. The SMILES string of the molecule is CCn1ncc(Br)c1CNC(=S)Nc1ccccc1C. The maximum Gasteiger partial charge on any atom is 0.171 e. The fourth-order valence-corrected chi connectivity index (χ4v) is 2.50. The number of rotatable bonds is 4. The molecule has 0 unspecified atom stereocenters. The van der Waals surface area contributed by atoms with Crippen molar-refractivity contribution in [2.45, 2.75) is 26.9 Å². The summed E-state index contributed by atoms with van der Waals surface area (Å²) < 4.78 is 2.93. The van der Waals surface area contributed by atoms with Crippen molar-refractivity contribution in [1.82, 2.24) is 15.1 Å². The van der Waals surface area contributed by atoms with Crippen molar-refractivity contribution in [2.24, 2.45) is 0 Å². The summed E-state index contributed by atoms with van der Waals surface area (Å²) in [5.41, 5.74) is 3.27. The van der Waals surface area contributed by atoms with Crippen LogP contribution in [0.2, 0.25) is 0 Å². The van der Waals surface area contributed by atoms with Crippen molar-refractivity contribution >= 4 is 38.9 Å². The smallest absolute Gasteiger partial charge is 0.171 e. The Bertz CT molecular complexity index is 609. The second-order valence-electron chi connectivity index (χ2n) is 4.38. The molecule has 4 nitrogen and oxygen atoms in total. The predicted molar refractivity (Wildman–Crippen MR) is 89.8 cm³/mol. The summed E-state index contributed by atoms with van der Waals surface area (Å²) in [6.07, 6.45) is 1.80. The summed E-state index contributed by atoms with van der Waals surface area (Å²) in [6, 6.07) is 8.05. The highest BCUT2D eigenvalue weighted by atomic mass is 79.9. The van der Waals surface area contributed by atoms with Gasteiger partial charge in [0.25, 0.3) is 0 Å². The van der Waals surface area contributed by atoms with E-state index in [-0.39, 0.29) is 0 Å². The lowest BCUT2D eigenvalue weighted by atomic mass is 10.2. The van der Waals surface area contributed by atoms with E-state index in [0.29, 0.717) is 11.7 Å². The van der Waals surface area contributed by atoms with Crippen LogP contribution in [0.1, 0.15) is 18.2 Å². The van der Waals surface area contributed by atoms with Crippen molar-refractivity contribution in [3.8, 4) is 0 Å². The second-order valence-corrected chi connectivity index (χ2v) is 5.64. The Kier molecular flexibility index (Phi) is 5.14. The van der Waals surface area contributed by atoms with Crippen molar-refractivity contribution in [1.29, 1.82) is 0 Å². The van der Waals surface area contributed by atoms with Gasteiger partial charge < -0.3 is 10.6 Å². The largest absolute Gasteiger partial charge is 0.357 e. The first-order chi connectivity index (χ1) is 9.61. The van der Waals surface area contributed by atoms with Crippen LogP contribution in [0.4, 0.5) is 5.69 Å². The van der Waals surface area contributed by atoms with Gasteiger partial charge in [0, 0.05) is 12.2 Å². The molecule has 0 bridgehead atoms. The van der Waals surface area contributed by atoms with Crippen LogP contribution in [0.25, 0.3) is 0 Å². The minimum Gasteiger partial charge on any atom is -0.357 e. The molecule has 20 heavy (non-hydrogen) atoms. The number of benzene rings is 1. The molecule has 6 heteroatoms. The Balaban J connectivity index is 1.96. The van der Waals surface area contributed by atoms with Gasteiger partial charge in [-0.1, -0.05) is 18.2 Å². The third-order valence-electron chi connectivity index (χ3n) is 3.01. The highest BCUT2D eigenvalue weighted by molar-refractivity contribution is 9.10. The zero-order valence-electron chi connectivity index (χ0n) is 11.5. The third kappa shape index (κ3) is 3.58. The fourth-order valence-electron chi connectivity index (χ4n) is 1.88. The third-order valence-corrected chi connectivity index (χ3v) is 3.92. The Hall–Kier alpha value is -1.40. The number of anilines is 1. The second kappa shape index (κ2) is 6.85. The normalized spacial score (nSPS) is 10.3. The molecule has 0 spiro atoms. The molecule has 2 rings (SSSR count). The topological polar surface area (TPSA) is 41.9 Å². The molecule has 1 aromatic carbocycles.